The molecule has 3 heterocycles. The average Bonchev–Trinajstić information content (AvgIpc) is 3.80. The molecule has 0 bridgehead atoms. The van der Waals surface area contributed by atoms with E-state index in [-0.39, 0.29) is 19.1 Å². The molecule has 4 aromatic carbocycles. The van der Waals surface area contributed by atoms with Crippen molar-refractivity contribution in [1.29, 1.82) is 0 Å². The number of urea groups is 1. The molecule has 0 radical (unpaired) electrons. The first kappa shape index (κ1) is 30.2. The van der Waals surface area contributed by atoms with Crippen LogP contribution in [-0.4, -0.2) is 75.5 Å². The number of carbonyl (C=O) groups is 1. The Kier molecular flexibility index (Phi) is 8.38. The van der Waals surface area contributed by atoms with E-state index >= 15 is 0 Å². The zero-order valence-corrected chi connectivity index (χ0v) is 25.7. The number of H-pyrrole nitrogens is 1. The predicted octanol–water partition coefficient (Wildman–Crippen LogP) is 4.11. The van der Waals surface area contributed by atoms with Gasteiger partial charge in [-0.05, 0) is 59.4 Å². The molecule has 4 atom stereocenters. The first-order valence-electron chi connectivity index (χ1n) is 15.6. The lowest BCUT2D eigenvalue weighted by atomic mass is 9.91. The lowest BCUT2D eigenvalue weighted by Gasteiger charge is -2.36. The number of nitrogens with two attached hydrogens (primary N) is 1. The molecule has 1 aliphatic rings. The number of hydrogen-bond donors (Lipinski definition) is 4. The first-order chi connectivity index (χ1) is 22.9. The fourth-order valence-corrected chi connectivity index (χ4v) is 6.50. The zero-order valence-electron chi connectivity index (χ0n) is 25.7. The summed E-state index contributed by atoms with van der Waals surface area (Å²) in [7, 11) is 0. The number of rotatable bonds is 9. The zero-order chi connectivity index (χ0) is 32.3. The van der Waals surface area contributed by atoms with Gasteiger partial charge in [0.05, 0.1) is 41.9 Å². The Morgan fingerprint density at radius 2 is 1.26 bits per heavy atom. The highest BCUT2D eigenvalue weighted by molar-refractivity contribution is 5.79. The van der Waals surface area contributed by atoms with Gasteiger partial charge in [-0.2, -0.15) is 15.3 Å². The summed E-state index contributed by atoms with van der Waals surface area (Å²) in [5.41, 5.74) is 11.8. The van der Waals surface area contributed by atoms with Crippen LogP contribution in [0.5, 0.6) is 0 Å². The van der Waals surface area contributed by atoms with Crippen molar-refractivity contribution in [2.45, 2.75) is 50.2 Å². The number of aliphatic hydroxyl groups is 2. The quantitative estimate of drug-likeness (QED) is 0.176. The smallest absolute Gasteiger partial charge is 0.321 e. The van der Waals surface area contributed by atoms with Crippen LogP contribution in [0.3, 0.4) is 0 Å². The minimum atomic E-state index is -1.24. The monoisotopic (exact) mass is 628 g/mol. The topological polar surface area (TPSA) is 149 Å². The third kappa shape index (κ3) is 6.31. The number of aromatic nitrogens is 5. The number of nitrogens with one attached hydrogen (secondary N) is 1. The molecule has 2 amide bonds. The number of carbonyl (C=O) groups excluding carboxylic acids is 1. The Morgan fingerprint density at radius 1 is 0.702 bits per heavy atom. The molecule has 1 fully saturated rings. The van der Waals surface area contributed by atoms with E-state index in [0.29, 0.717) is 24.2 Å². The van der Waals surface area contributed by atoms with Crippen molar-refractivity contribution in [3.8, 4) is 5.69 Å². The Labute approximate surface area is 271 Å². The highest BCUT2D eigenvalue weighted by Crippen LogP contribution is 2.31. The van der Waals surface area contributed by atoms with E-state index in [1.54, 1.807) is 34.5 Å². The standard InChI is InChI=1S/C36H36N8O3/c37-29-13-11-27(20-31(29)44-39-15-16-40-44)23-43-33(19-25-9-5-2-6-10-25)35(46)34(45)32(18-24-7-3-1-4-8-24)42(36(43)47)22-26-12-14-30-28(17-26)21-38-41-30/h1-17,20-21,32-35,45-46H,18-19,22-23,37H2,(H,38,41)/t32-,33-,34+,35+/m1/s1. The molecule has 238 valence electrons. The van der Waals surface area contributed by atoms with Crippen molar-refractivity contribution in [1.82, 2.24) is 35.0 Å². The minimum absolute atomic E-state index is 0.157. The number of anilines is 1. The van der Waals surface area contributed by atoms with E-state index in [4.69, 9.17) is 5.73 Å². The van der Waals surface area contributed by atoms with Gasteiger partial charge in [0.2, 0.25) is 0 Å². The first-order valence-corrected chi connectivity index (χ1v) is 15.6. The van der Waals surface area contributed by atoms with E-state index in [2.05, 4.69) is 20.4 Å². The molecule has 0 aliphatic carbocycles. The molecule has 11 heteroatoms. The number of benzene rings is 4. The van der Waals surface area contributed by atoms with Crippen LogP contribution in [-0.2, 0) is 25.9 Å². The van der Waals surface area contributed by atoms with Crippen LogP contribution in [0.4, 0.5) is 10.5 Å². The van der Waals surface area contributed by atoms with Gasteiger partial charge < -0.3 is 25.7 Å². The van der Waals surface area contributed by atoms with Crippen LogP contribution in [0, 0.1) is 0 Å². The Balaban J connectivity index is 1.32. The maximum absolute atomic E-state index is 15.0. The maximum Gasteiger partial charge on any atom is 0.321 e. The molecular formula is C36H36N8O3. The van der Waals surface area contributed by atoms with Gasteiger partial charge in [-0.15, -0.1) is 4.80 Å². The fraction of sp³-hybridized carbons (Fsp3) is 0.222. The predicted molar refractivity (Wildman–Crippen MR) is 178 cm³/mol. The third-order valence-electron chi connectivity index (χ3n) is 8.95. The lowest BCUT2D eigenvalue weighted by molar-refractivity contribution is -0.0408. The molecule has 6 aromatic rings. The van der Waals surface area contributed by atoms with Gasteiger partial charge in [0, 0.05) is 18.5 Å². The average molecular weight is 629 g/mol. The number of hydrogen-bond acceptors (Lipinski definition) is 7. The molecular weight excluding hydrogens is 592 g/mol. The van der Waals surface area contributed by atoms with Crippen LogP contribution >= 0.6 is 0 Å². The second kappa shape index (κ2) is 13.1. The van der Waals surface area contributed by atoms with Crippen LogP contribution in [0.2, 0.25) is 0 Å². The fourth-order valence-electron chi connectivity index (χ4n) is 6.50. The van der Waals surface area contributed by atoms with E-state index in [0.717, 1.165) is 33.2 Å². The number of amides is 2. The molecule has 47 heavy (non-hydrogen) atoms. The Bertz CT molecular complexity index is 1950. The SMILES string of the molecule is Nc1ccc(CN2C(=O)N(Cc3ccc4[nH]ncc4c3)[C@H](Cc3ccccc3)[C@H](O)[C@@H](O)[C@H]2Cc2ccccc2)cc1-n1nccn1. The summed E-state index contributed by atoms with van der Waals surface area (Å²) < 4.78 is 0. The van der Waals surface area contributed by atoms with E-state index < -0.39 is 24.3 Å². The largest absolute Gasteiger partial charge is 0.397 e. The van der Waals surface area contributed by atoms with Crippen molar-refractivity contribution in [2.24, 2.45) is 0 Å². The summed E-state index contributed by atoms with van der Waals surface area (Å²) in [6, 6.07) is 29.1. The van der Waals surface area contributed by atoms with Gasteiger partial charge >= 0.3 is 6.03 Å². The van der Waals surface area contributed by atoms with Gasteiger partial charge in [-0.3, -0.25) is 5.10 Å². The van der Waals surface area contributed by atoms with Gasteiger partial charge in [0.15, 0.2) is 0 Å². The summed E-state index contributed by atoms with van der Waals surface area (Å²) in [4.78, 5) is 19.8. The van der Waals surface area contributed by atoms with E-state index in [1.165, 1.54) is 4.80 Å². The number of aliphatic hydroxyl groups excluding tert-OH is 2. The molecule has 7 rings (SSSR count). The third-order valence-corrected chi connectivity index (χ3v) is 8.95. The Morgan fingerprint density at radius 3 is 1.85 bits per heavy atom. The van der Waals surface area contributed by atoms with Crippen LogP contribution < -0.4 is 5.73 Å². The molecule has 1 saturated heterocycles. The van der Waals surface area contributed by atoms with Crippen molar-refractivity contribution < 1.29 is 15.0 Å². The van der Waals surface area contributed by atoms with Crippen LogP contribution in [0.25, 0.3) is 16.6 Å². The minimum Gasteiger partial charge on any atom is -0.397 e. The molecule has 0 unspecified atom stereocenters. The maximum atomic E-state index is 15.0. The number of fused-ring (bicyclic) bond motifs is 1. The number of nitrogen functional groups attached to an aromatic ring is 1. The van der Waals surface area contributed by atoms with Crippen molar-refractivity contribution in [3.05, 3.63) is 138 Å². The van der Waals surface area contributed by atoms with Gasteiger partial charge in [-0.25, -0.2) is 4.79 Å². The van der Waals surface area contributed by atoms with E-state index in [9.17, 15) is 15.0 Å². The van der Waals surface area contributed by atoms with Crippen LogP contribution in [0.1, 0.15) is 22.3 Å². The van der Waals surface area contributed by atoms with E-state index in [1.807, 2.05) is 91.0 Å². The second-order valence-corrected chi connectivity index (χ2v) is 12.0. The van der Waals surface area contributed by atoms with Gasteiger partial charge in [-0.1, -0.05) is 72.8 Å². The summed E-state index contributed by atoms with van der Waals surface area (Å²) in [5, 5.41) is 40.5. The summed E-state index contributed by atoms with van der Waals surface area (Å²) in [5.74, 6) is 0. The molecule has 11 nitrogen and oxygen atoms in total. The number of nitrogens with zero attached hydrogens (tertiary/aromatic N) is 6. The molecule has 2 aromatic heterocycles. The molecule has 0 saturated carbocycles. The lowest BCUT2D eigenvalue weighted by Crippen LogP contribution is -2.50. The molecule has 1 aliphatic heterocycles. The summed E-state index contributed by atoms with van der Waals surface area (Å²) >= 11 is 0. The van der Waals surface area contributed by atoms with Crippen molar-refractivity contribution in [3.63, 3.8) is 0 Å². The van der Waals surface area contributed by atoms with Crippen LogP contribution in [0.15, 0.2) is 116 Å². The van der Waals surface area contributed by atoms with Crippen molar-refractivity contribution >= 4 is 22.6 Å². The normalized spacial score (nSPS) is 20.1. The molecule has 5 N–H and O–H groups in total. The van der Waals surface area contributed by atoms with Gasteiger partial charge in [0.25, 0.3) is 0 Å². The van der Waals surface area contributed by atoms with Gasteiger partial charge in [0.1, 0.15) is 17.9 Å². The number of aromatic amines is 1. The second-order valence-electron chi connectivity index (χ2n) is 12.0. The Hall–Kier alpha value is -5.52. The molecule has 0 spiro atoms. The highest BCUT2D eigenvalue weighted by atomic mass is 16.3. The van der Waals surface area contributed by atoms with Crippen molar-refractivity contribution in [2.75, 3.05) is 5.73 Å². The summed E-state index contributed by atoms with van der Waals surface area (Å²) in [6.45, 7) is 0.379. The summed E-state index contributed by atoms with van der Waals surface area (Å²) in [6.07, 6.45) is 3.13. The highest BCUT2D eigenvalue weighted by Gasteiger charge is 2.46.